The van der Waals surface area contributed by atoms with E-state index in [9.17, 15) is 13.0 Å². The van der Waals surface area contributed by atoms with Crippen LogP contribution in [0, 0.1) is 0 Å². The van der Waals surface area contributed by atoms with E-state index >= 15 is 0 Å². The molecule has 0 atom stereocenters. The summed E-state index contributed by atoms with van der Waals surface area (Å²) >= 11 is 0. The summed E-state index contributed by atoms with van der Waals surface area (Å²) < 4.78 is 41.2. The van der Waals surface area contributed by atoms with Gasteiger partial charge in [-0.15, -0.1) is 0 Å². The van der Waals surface area contributed by atoms with Crippen LogP contribution in [-0.2, 0) is 16.5 Å². The minimum absolute atomic E-state index is 0. The van der Waals surface area contributed by atoms with Crippen molar-refractivity contribution in [2.24, 2.45) is 0 Å². The Morgan fingerprint density at radius 1 is 0.719 bits per heavy atom. The van der Waals surface area contributed by atoms with Crippen molar-refractivity contribution in [1.29, 1.82) is 0 Å². The zero-order valence-corrected chi connectivity index (χ0v) is 22.7. The normalized spacial score (nSPS) is 11.2. The molecule has 2 aromatic carbocycles. The Morgan fingerprint density at radius 3 is 1.78 bits per heavy atom. The van der Waals surface area contributed by atoms with Crippen LogP contribution in [0.2, 0.25) is 0 Å². The predicted octanol–water partition coefficient (Wildman–Crippen LogP) is 4.63. The van der Waals surface area contributed by atoms with Gasteiger partial charge >= 0.3 is 29.6 Å². The second-order valence-corrected chi connectivity index (χ2v) is 9.59. The Balaban J connectivity index is 0.00000512. The molecule has 0 aliphatic heterocycles. The summed E-state index contributed by atoms with van der Waals surface area (Å²) in [5.74, 6) is 1.07. The van der Waals surface area contributed by atoms with Crippen molar-refractivity contribution < 1.29 is 47.3 Å². The van der Waals surface area contributed by atoms with Crippen LogP contribution in [0.25, 0.3) is 0 Å². The third-order valence-corrected chi connectivity index (χ3v) is 6.53. The summed E-state index contributed by atoms with van der Waals surface area (Å²) in [6, 6.07) is 13.9. The van der Waals surface area contributed by atoms with E-state index in [0.29, 0.717) is 23.5 Å². The zero-order chi connectivity index (χ0) is 22.4. The maximum atomic E-state index is 11.8. The Kier molecular flexibility index (Phi) is 15.2. The maximum Gasteiger partial charge on any atom is 1.00 e. The molecule has 2 aromatic rings. The van der Waals surface area contributed by atoms with Gasteiger partial charge in [-0.25, -0.2) is 8.42 Å². The fourth-order valence-electron chi connectivity index (χ4n) is 3.88. The van der Waals surface area contributed by atoms with Crippen molar-refractivity contribution in [2.45, 2.75) is 95.3 Å². The van der Waals surface area contributed by atoms with Crippen molar-refractivity contribution >= 4 is 10.1 Å². The van der Waals surface area contributed by atoms with Crippen molar-refractivity contribution in [2.75, 3.05) is 0 Å². The van der Waals surface area contributed by atoms with Crippen LogP contribution in [-0.4, -0.2) is 13.0 Å². The molecule has 0 aliphatic carbocycles. The fourth-order valence-corrected chi connectivity index (χ4v) is 4.63. The molecule has 4 nitrogen and oxygen atoms in total. The molecular weight excluding hydrogens is 431 g/mol. The fraction of sp³-hybridized carbons (Fsp3) is 0.538. The quantitative estimate of drug-likeness (QED) is 0.205. The summed E-state index contributed by atoms with van der Waals surface area (Å²) in [5.41, 5.74) is 0.494. The van der Waals surface area contributed by atoms with Crippen LogP contribution < -0.4 is 34.3 Å². The SMILES string of the molecule is CCCCCCCCCCCCCCc1c(Oc2ccccc2)cccc1S(=O)(=O)[O-].[Na+]. The number of rotatable bonds is 16. The van der Waals surface area contributed by atoms with E-state index in [0.717, 1.165) is 19.3 Å². The Bertz CT molecular complexity index is 853. The third-order valence-electron chi connectivity index (χ3n) is 5.61. The molecule has 0 aromatic heterocycles. The van der Waals surface area contributed by atoms with Crippen LogP contribution >= 0.6 is 0 Å². The summed E-state index contributed by atoms with van der Waals surface area (Å²) in [5, 5.41) is 0. The maximum absolute atomic E-state index is 11.8. The predicted molar refractivity (Wildman–Crippen MR) is 126 cm³/mol. The molecule has 0 unspecified atom stereocenters. The van der Waals surface area contributed by atoms with Gasteiger partial charge < -0.3 is 9.29 Å². The van der Waals surface area contributed by atoms with E-state index in [1.54, 1.807) is 12.1 Å². The van der Waals surface area contributed by atoms with Crippen LogP contribution in [0.3, 0.4) is 0 Å². The van der Waals surface area contributed by atoms with E-state index in [1.807, 2.05) is 30.3 Å². The first-order valence-corrected chi connectivity index (χ1v) is 13.2. The van der Waals surface area contributed by atoms with E-state index in [2.05, 4.69) is 6.92 Å². The van der Waals surface area contributed by atoms with Crippen molar-refractivity contribution in [1.82, 2.24) is 0 Å². The van der Waals surface area contributed by atoms with Crippen molar-refractivity contribution in [3.8, 4) is 11.5 Å². The Labute approximate surface area is 217 Å². The van der Waals surface area contributed by atoms with Gasteiger partial charge in [0.1, 0.15) is 21.6 Å². The molecule has 0 aliphatic rings. The average molecular weight is 469 g/mol. The first-order valence-electron chi connectivity index (χ1n) is 11.8. The van der Waals surface area contributed by atoms with Gasteiger partial charge in [-0.05, 0) is 37.1 Å². The van der Waals surface area contributed by atoms with E-state index in [4.69, 9.17) is 4.74 Å². The summed E-state index contributed by atoms with van der Waals surface area (Å²) in [4.78, 5) is -0.163. The molecule has 0 bridgehead atoms. The smallest absolute Gasteiger partial charge is 0.744 e. The van der Waals surface area contributed by atoms with Gasteiger partial charge in [0, 0.05) is 5.56 Å². The zero-order valence-electron chi connectivity index (χ0n) is 19.9. The largest absolute Gasteiger partial charge is 1.00 e. The second-order valence-electron chi connectivity index (χ2n) is 8.24. The van der Waals surface area contributed by atoms with Crippen LogP contribution in [0.15, 0.2) is 53.4 Å². The summed E-state index contributed by atoms with van der Waals surface area (Å²) in [7, 11) is -4.54. The standard InChI is InChI=1S/C26H38O4S.Na/c1-2-3-4-5-6-7-8-9-10-11-12-16-20-24-25(30-23-18-14-13-15-19-23)21-17-22-26(24)31(27,28)29;/h13-15,17-19,21-22H,2-12,16,20H2,1H3,(H,27,28,29);/q;+1/p-1. The first-order chi connectivity index (χ1) is 15.0. The van der Waals surface area contributed by atoms with Crippen LogP contribution in [0.5, 0.6) is 11.5 Å². The molecule has 32 heavy (non-hydrogen) atoms. The molecule has 172 valence electrons. The number of para-hydroxylation sites is 1. The number of unbranched alkanes of at least 4 members (excludes halogenated alkanes) is 11. The van der Waals surface area contributed by atoms with E-state index in [-0.39, 0.29) is 34.5 Å². The van der Waals surface area contributed by atoms with Gasteiger partial charge in [0.05, 0.1) is 4.90 Å². The van der Waals surface area contributed by atoms with E-state index < -0.39 is 10.1 Å². The topological polar surface area (TPSA) is 66.4 Å². The van der Waals surface area contributed by atoms with Gasteiger partial charge in [0.15, 0.2) is 0 Å². The number of ether oxygens (including phenoxy) is 1. The molecule has 6 heteroatoms. The first kappa shape index (κ1) is 29.2. The summed E-state index contributed by atoms with van der Waals surface area (Å²) in [6.45, 7) is 2.25. The third kappa shape index (κ3) is 11.3. The van der Waals surface area contributed by atoms with Crippen LogP contribution in [0.4, 0.5) is 0 Å². The minimum atomic E-state index is -4.54. The molecule has 0 saturated carbocycles. The average Bonchev–Trinajstić information content (AvgIpc) is 2.75. The molecular formula is C26H37NaO4S. The number of hydrogen-bond donors (Lipinski definition) is 0. The Hall–Kier alpha value is -0.850. The van der Waals surface area contributed by atoms with Gasteiger partial charge in [-0.2, -0.15) is 0 Å². The van der Waals surface area contributed by atoms with Gasteiger partial charge in [0.25, 0.3) is 0 Å². The number of benzene rings is 2. The monoisotopic (exact) mass is 468 g/mol. The van der Waals surface area contributed by atoms with Crippen LogP contribution in [0.1, 0.15) is 89.5 Å². The van der Waals surface area contributed by atoms with Gasteiger partial charge in [-0.1, -0.05) is 102 Å². The van der Waals surface area contributed by atoms with Gasteiger partial charge in [-0.3, -0.25) is 0 Å². The molecule has 0 amide bonds. The summed E-state index contributed by atoms with van der Waals surface area (Å²) in [6.07, 6.45) is 15.4. The van der Waals surface area contributed by atoms with Crippen molar-refractivity contribution in [3.05, 3.63) is 54.1 Å². The number of hydrogen-bond acceptors (Lipinski definition) is 4. The molecule has 0 fully saturated rings. The molecule has 2 rings (SSSR count). The molecule has 0 heterocycles. The molecule has 0 saturated heterocycles. The van der Waals surface area contributed by atoms with Gasteiger partial charge in [0.2, 0.25) is 0 Å². The second kappa shape index (κ2) is 16.7. The minimum Gasteiger partial charge on any atom is -0.744 e. The Morgan fingerprint density at radius 2 is 1.25 bits per heavy atom. The van der Waals surface area contributed by atoms with Crippen molar-refractivity contribution in [3.63, 3.8) is 0 Å². The molecule has 0 N–H and O–H groups in total. The van der Waals surface area contributed by atoms with E-state index in [1.165, 1.54) is 63.9 Å². The molecule has 0 spiro atoms. The molecule has 0 radical (unpaired) electrons.